The second-order valence-corrected chi connectivity index (χ2v) is 9.97. The number of nitrogens with zero attached hydrogens (tertiary/aromatic N) is 4. The summed E-state index contributed by atoms with van der Waals surface area (Å²) >= 11 is 0. The van der Waals surface area contributed by atoms with E-state index in [-0.39, 0.29) is 12.0 Å². The van der Waals surface area contributed by atoms with Gasteiger partial charge in [-0.25, -0.2) is 15.0 Å². The zero-order valence-corrected chi connectivity index (χ0v) is 19.8. The standard InChI is InChI=1S/C27H31N5O3/c1-35-27-20-10-11-32(26(20)29-15-30-27)22-13-19(24(33)25(22)34)7-5-16-4-6-18-8-9-23(31-21(18)12-16)28-14-17-2-3-17/h4,6,8-12,15,17,19,22,24-25,33-34H,2-3,5,7,13-14H2,1H3,(H,28,31)/t19-,22+,24+,25-/m0/s1. The van der Waals surface area contributed by atoms with Gasteiger partial charge in [-0.2, -0.15) is 0 Å². The Bertz CT molecular complexity index is 1350. The molecular formula is C27H31N5O3. The predicted octanol–water partition coefficient (Wildman–Crippen LogP) is 3.73. The molecule has 0 spiro atoms. The molecule has 4 aromatic rings. The van der Waals surface area contributed by atoms with E-state index in [1.807, 2.05) is 22.9 Å². The molecule has 0 unspecified atom stereocenters. The van der Waals surface area contributed by atoms with E-state index in [0.717, 1.165) is 47.4 Å². The average molecular weight is 474 g/mol. The van der Waals surface area contributed by atoms with E-state index in [1.54, 1.807) is 7.11 Å². The molecule has 35 heavy (non-hydrogen) atoms. The van der Waals surface area contributed by atoms with Gasteiger partial charge in [0.2, 0.25) is 5.88 Å². The molecule has 0 saturated heterocycles. The number of aliphatic hydroxyl groups excluding tert-OH is 2. The van der Waals surface area contributed by atoms with Gasteiger partial charge in [-0.1, -0.05) is 12.1 Å². The van der Waals surface area contributed by atoms with Crippen LogP contribution in [0.2, 0.25) is 0 Å². The molecule has 0 radical (unpaired) electrons. The Morgan fingerprint density at radius 3 is 2.77 bits per heavy atom. The van der Waals surface area contributed by atoms with Gasteiger partial charge in [0.1, 0.15) is 23.9 Å². The Hall–Kier alpha value is -3.23. The number of pyridine rings is 1. The first-order chi connectivity index (χ1) is 17.1. The summed E-state index contributed by atoms with van der Waals surface area (Å²) in [5, 5.41) is 27.1. The number of anilines is 1. The number of ether oxygens (including phenoxy) is 1. The lowest BCUT2D eigenvalue weighted by Gasteiger charge is -2.19. The normalized spacial score (nSPS) is 24.3. The van der Waals surface area contributed by atoms with Crippen molar-refractivity contribution >= 4 is 27.8 Å². The van der Waals surface area contributed by atoms with Crippen LogP contribution in [0.4, 0.5) is 5.82 Å². The van der Waals surface area contributed by atoms with Gasteiger partial charge in [0.15, 0.2) is 0 Å². The highest BCUT2D eigenvalue weighted by molar-refractivity contribution is 5.82. The van der Waals surface area contributed by atoms with Crippen molar-refractivity contribution < 1.29 is 14.9 Å². The third-order valence-electron chi connectivity index (χ3n) is 7.62. The highest BCUT2D eigenvalue weighted by Crippen LogP contribution is 2.40. The summed E-state index contributed by atoms with van der Waals surface area (Å²) in [6.45, 7) is 0.997. The number of fused-ring (bicyclic) bond motifs is 2. The second-order valence-electron chi connectivity index (χ2n) is 9.97. The van der Waals surface area contributed by atoms with Gasteiger partial charge >= 0.3 is 0 Å². The number of nitrogens with one attached hydrogen (secondary N) is 1. The van der Waals surface area contributed by atoms with Crippen molar-refractivity contribution in [3.63, 3.8) is 0 Å². The lowest BCUT2D eigenvalue weighted by molar-refractivity contribution is 0.00545. The molecule has 8 heteroatoms. The van der Waals surface area contributed by atoms with Crippen molar-refractivity contribution in [2.24, 2.45) is 11.8 Å². The molecule has 182 valence electrons. The Morgan fingerprint density at radius 1 is 1.09 bits per heavy atom. The molecule has 2 saturated carbocycles. The van der Waals surface area contributed by atoms with Gasteiger partial charge in [0.25, 0.3) is 0 Å². The minimum absolute atomic E-state index is 0.00798. The van der Waals surface area contributed by atoms with E-state index < -0.39 is 12.2 Å². The van der Waals surface area contributed by atoms with Crippen LogP contribution >= 0.6 is 0 Å². The summed E-state index contributed by atoms with van der Waals surface area (Å²) in [4.78, 5) is 13.4. The lowest BCUT2D eigenvalue weighted by Crippen LogP contribution is -2.29. The first kappa shape index (κ1) is 22.2. The Morgan fingerprint density at radius 2 is 1.94 bits per heavy atom. The molecule has 1 aromatic carbocycles. The van der Waals surface area contributed by atoms with Crippen LogP contribution in [0.15, 0.2) is 48.9 Å². The van der Waals surface area contributed by atoms with Crippen molar-refractivity contribution in [2.45, 2.75) is 50.4 Å². The molecule has 3 aromatic heterocycles. The van der Waals surface area contributed by atoms with Crippen molar-refractivity contribution in [3.8, 4) is 5.88 Å². The Kier molecular flexibility index (Phi) is 5.78. The van der Waals surface area contributed by atoms with Crippen LogP contribution in [0.1, 0.15) is 37.3 Å². The Balaban J connectivity index is 1.15. The molecule has 3 N–H and O–H groups in total. The molecule has 2 fully saturated rings. The second kappa shape index (κ2) is 9.09. The van der Waals surface area contributed by atoms with E-state index in [1.165, 1.54) is 24.7 Å². The summed E-state index contributed by atoms with van der Waals surface area (Å²) in [7, 11) is 1.58. The maximum atomic E-state index is 10.9. The highest BCUT2D eigenvalue weighted by Gasteiger charge is 2.42. The molecule has 2 aliphatic rings. The van der Waals surface area contributed by atoms with E-state index in [9.17, 15) is 10.2 Å². The first-order valence-corrected chi connectivity index (χ1v) is 12.5. The van der Waals surface area contributed by atoms with Crippen molar-refractivity contribution in [3.05, 3.63) is 54.5 Å². The van der Waals surface area contributed by atoms with Crippen LogP contribution < -0.4 is 10.1 Å². The molecular weight excluding hydrogens is 442 g/mol. The van der Waals surface area contributed by atoms with Gasteiger partial charge in [-0.05, 0) is 73.8 Å². The average Bonchev–Trinajstić information content (AvgIpc) is 3.56. The van der Waals surface area contributed by atoms with Crippen LogP contribution in [0, 0.1) is 11.8 Å². The zero-order chi connectivity index (χ0) is 23.9. The monoisotopic (exact) mass is 473 g/mol. The lowest BCUT2D eigenvalue weighted by atomic mass is 9.95. The summed E-state index contributed by atoms with van der Waals surface area (Å²) < 4.78 is 7.29. The number of hydrogen-bond acceptors (Lipinski definition) is 7. The van der Waals surface area contributed by atoms with Gasteiger partial charge < -0.3 is 24.8 Å². The maximum Gasteiger partial charge on any atom is 0.225 e. The molecule has 6 rings (SSSR count). The summed E-state index contributed by atoms with van der Waals surface area (Å²) in [6.07, 6.45) is 6.65. The van der Waals surface area contributed by atoms with Crippen molar-refractivity contribution in [1.29, 1.82) is 0 Å². The number of aromatic nitrogens is 4. The molecule has 3 heterocycles. The summed E-state index contributed by atoms with van der Waals surface area (Å²) in [6, 6.07) is 12.2. The van der Waals surface area contributed by atoms with Gasteiger partial charge in [0, 0.05) is 18.1 Å². The van der Waals surface area contributed by atoms with E-state index >= 15 is 0 Å². The molecule has 0 aliphatic heterocycles. The largest absolute Gasteiger partial charge is 0.480 e. The number of aliphatic hydroxyl groups is 2. The van der Waals surface area contributed by atoms with Crippen LogP contribution in [-0.2, 0) is 6.42 Å². The quantitative estimate of drug-likeness (QED) is 0.358. The number of hydrogen-bond donors (Lipinski definition) is 3. The minimum Gasteiger partial charge on any atom is -0.480 e. The topological polar surface area (TPSA) is 105 Å². The summed E-state index contributed by atoms with van der Waals surface area (Å²) in [5.41, 5.74) is 2.89. The number of aryl methyl sites for hydroxylation is 1. The van der Waals surface area contributed by atoms with E-state index in [2.05, 4.69) is 39.6 Å². The molecule has 2 aliphatic carbocycles. The summed E-state index contributed by atoms with van der Waals surface area (Å²) in [5.74, 6) is 2.23. The van der Waals surface area contributed by atoms with E-state index in [0.29, 0.717) is 17.9 Å². The van der Waals surface area contributed by atoms with Gasteiger partial charge in [0.05, 0.1) is 30.2 Å². The van der Waals surface area contributed by atoms with Gasteiger partial charge in [-0.15, -0.1) is 0 Å². The molecule has 0 bridgehead atoms. The minimum atomic E-state index is -0.852. The smallest absolute Gasteiger partial charge is 0.225 e. The number of methoxy groups -OCH3 is 1. The molecule has 8 nitrogen and oxygen atoms in total. The fourth-order valence-corrected chi connectivity index (χ4v) is 5.38. The van der Waals surface area contributed by atoms with Crippen LogP contribution in [-0.4, -0.2) is 55.6 Å². The molecule has 0 amide bonds. The fourth-order valence-electron chi connectivity index (χ4n) is 5.38. The van der Waals surface area contributed by atoms with Crippen molar-refractivity contribution in [1.82, 2.24) is 19.5 Å². The third kappa shape index (κ3) is 4.32. The van der Waals surface area contributed by atoms with Crippen LogP contribution in [0.25, 0.3) is 21.9 Å². The fraction of sp³-hybridized carbons (Fsp3) is 0.444. The zero-order valence-electron chi connectivity index (χ0n) is 19.8. The van der Waals surface area contributed by atoms with E-state index in [4.69, 9.17) is 9.72 Å². The third-order valence-corrected chi connectivity index (χ3v) is 7.62. The van der Waals surface area contributed by atoms with Crippen molar-refractivity contribution in [2.75, 3.05) is 19.0 Å². The highest BCUT2D eigenvalue weighted by atomic mass is 16.5. The first-order valence-electron chi connectivity index (χ1n) is 12.5. The van der Waals surface area contributed by atoms with Gasteiger partial charge in [-0.3, -0.25) is 0 Å². The van der Waals surface area contributed by atoms with Crippen LogP contribution in [0.3, 0.4) is 0 Å². The Labute approximate surface area is 204 Å². The van der Waals surface area contributed by atoms with Crippen LogP contribution in [0.5, 0.6) is 5.88 Å². The number of rotatable bonds is 8. The SMILES string of the molecule is COc1ncnc2c1ccn2[C@@H]1C[C@H](CCc2ccc3ccc(NCC4CC4)nc3c2)[C@@H](O)[C@H]1O. The molecule has 4 atom stereocenters. The predicted molar refractivity (Wildman–Crippen MR) is 135 cm³/mol. The maximum absolute atomic E-state index is 10.9. The number of benzene rings is 1.